The van der Waals surface area contributed by atoms with Crippen molar-refractivity contribution < 1.29 is 0 Å². The molecule has 1 aliphatic rings. The fourth-order valence-electron chi connectivity index (χ4n) is 4.87. The van der Waals surface area contributed by atoms with Gasteiger partial charge < -0.3 is 4.98 Å². The second-order valence-corrected chi connectivity index (χ2v) is 8.81. The normalized spacial score (nSPS) is 22.2. The molecule has 2 atom stereocenters. The molecular formula is C22H28N4O. The average molecular weight is 364 g/mol. The van der Waals surface area contributed by atoms with Crippen LogP contribution in [0.15, 0.2) is 35.1 Å². The van der Waals surface area contributed by atoms with Crippen molar-refractivity contribution in [1.82, 2.24) is 19.6 Å². The van der Waals surface area contributed by atoms with Gasteiger partial charge in [0.05, 0.1) is 5.69 Å². The maximum atomic E-state index is 12.9. The summed E-state index contributed by atoms with van der Waals surface area (Å²) in [5.74, 6) is 2.52. The lowest BCUT2D eigenvalue weighted by atomic mass is 9.68. The van der Waals surface area contributed by atoms with E-state index in [0.29, 0.717) is 23.2 Å². The van der Waals surface area contributed by atoms with E-state index in [1.165, 1.54) is 6.42 Å². The highest BCUT2D eigenvalue weighted by Crippen LogP contribution is 2.45. The van der Waals surface area contributed by atoms with Crippen LogP contribution in [0.4, 0.5) is 0 Å². The van der Waals surface area contributed by atoms with Crippen molar-refractivity contribution in [3.05, 3.63) is 52.2 Å². The van der Waals surface area contributed by atoms with E-state index >= 15 is 0 Å². The molecule has 0 spiro atoms. The third kappa shape index (κ3) is 3.31. The Bertz CT molecular complexity index is 1020. The van der Waals surface area contributed by atoms with Crippen LogP contribution in [0, 0.1) is 11.3 Å². The second kappa shape index (κ2) is 6.63. The van der Waals surface area contributed by atoms with Gasteiger partial charge in [-0.25, -0.2) is 9.50 Å². The largest absolute Gasteiger partial charge is 0.303 e. The molecule has 0 radical (unpaired) electrons. The van der Waals surface area contributed by atoms with Crippen molar-refractivity contribution in [2.75, 3.05) is 0 Å². The topological polar surface area (TPSA) is 63.1 Å². The van der Waals surface area contributed by atoms with E-state index in [1.807, 2.05) is 41.8 Å². The SMILES string of the molecule is CCc1nc(C2CC(C)CC(C)(C)C2)n2nc(-c3ccccc3)[nH]c(=O)c12. The molecule has 1 fully saturated rings. The van der Waals surface area contributed by atoms with Gasteiger partial charge in [0.1, 0.15) is 5.82 Å². The number of hydrogen-bond donors (Lipinski definition) is 1. The first-order valence-electron chi connectivity index (χ1n) is 9.95. The standard InChI is InChI=1S/C22H28N4O/c1-5-17-18-21(27)24-19(15-9-7-6-8-10-15)25-26(18)20(23-17)16-11-14(2)12-22(3,4)13-16/h6-10,14,16H,5,11-13H2,1-4H3,(H,24,25,27). The van der Waals surface area contributed by atoms with Gasteiger partial charge in [-0.05, 0) is 37.0 Å². The number of aromatic nitrogens is 4. The van der Waals surface area contributed by atoms with E-state index in [1.54, 1.807) is 0 Å². The number of imidazole rings is 1. The minimum Gasteiger partial charge on any atom is -0.303 e. The first-order valence-corrected chi connectivity index (χ1v) is 9.95. The lowest BCUT2D eigenvalue weighted by Gasteiger charge is -2.38. The van der Waals surface area contributed by atoms with Crippen molar-refractivity contribution >= 4 is 5.52 Å². The number of hydrogen-bond acceptors (Lipinski definition) is 3. The predicted molar refractivity (Wildman–Crippen MR) is 108 cm³/mol. The average Bonchev–Trinajstić information content (AvgIpc) is 3.00. The predicted octanol–water partition coefficient (Wildman–Crippen LogP) is 4.58. The van der Waals surface area contributed by atoms with Crippen molar-refractivity contribution in [3.8, 4) is 11.4 Å². The molecule has 142 valence electrons. The fraction of sp³-hybridized carbons (Fsp3) is 0.500. The highest BCUT2D eigenvalue weighted by atomic mass is 16.1. The van der Waals surface area contributed by atoms with Gasteiger partial charge in [-0.15, -0.1) is 5.10 Å². The molecule has 0 aliphatic heterocycles. The summed E-state index contributed by atoms with van der Waals surface area (Å²) in [5, 5.41) is 4.82. The molecule has 1 aromatic carbocycles. The summed E-state index contributed by atoms with van der Waals surface area (Å²) in [6.45, 7) is 9.04. The van der Waals surface area contributed by atoms with Crippen LogP contribution in [0.25, 0.3) is 16.9 Å². The molecule has 1 N–H and O–H groups in total. The lowest BCUT2D eigenvalue weighted by molar-refractivity contribution is 0.164. The number of nitrogens with one attached hydrogen (secondary N) is 1. The van der Waals surface area contributed by atoms with Crippen LogP contribution < -0.4 is 5.56 Å². The van der Waals surface area contributed by atoms with Gasteiger partial charge in [0.15, 0.2) is 11.3 Å². The molecule has 2 heterocycles. The van der Waals surface area contributed by atoms with E-state index in [0.717, 1.165) is 36.3 Å². The van der Waals surface area contributed by atoms with Crippen LogP contribution in [-0.4, -0.2) is 19.6 Å². The summed E-state index contributed by atoms with van der Waals surface area (Å²) in [4.78, 5) is 20.7. The number of rotatable bonds is 3. The van der Waals surface area contributed by atoms with Crippen LogP contribution in [0.5, 0.6) is 0 Å². The van der Waals surface area contributed by atoms with Gasteiger partial charge in [0.25, 0.3) is 5.56 Å². The first-order chi connectivity index (χ1) is 12.9. The van der Waals surface area contributed by atoms with Gasteiger partial charge in [0.2, 0.25) is 0 Å². The molecule has 0 amide bonds. The highest BCUT2D eigenvalue weighted by Gasteiger charge is 2.35. The summed E-state index contributed by atoms with van der Waals surface area (Å²) in [6, 6.07) is 9.80. The minimum absolute atomic E-state index is 0.109. The molecule has 1 aliphatic carbocycles. The van der Waals surface area contributed by atoms with Gasteiger partial charge in [-0.1, -0.05) is 58.0 Å². The van der Waals surface area contributed by atoms with Crippen molar-refractivity contribution in [3.63, 3.8) is 0 Å². The first kappa shape index (κ1) is 18.0. The number of benzene rings is 1. The summed E-state index contributed by atoms with van der Waals surface area (Å²) >= 11 is 0. The summed E-state index contributed by atoms with van der Waals surface area (Å²) < 4.78 is 1.83. The Kier molecular flexibility index (Phi) is 4.41. The van der Waals surface area contributed by atoms with E-state index in [2.05, 4.69) is 25.8 Å². The Balaban J connectivity index is 1.90. The molecule has 4 rings (SSSR count). The zero-order valence-corrected chi connectivity index (χ0v) is 16.6. The Labute approximate surface area is 159 Å². The smallest absolute Gasteiger partial charge is 0.277 e. The van der Waals surface area contributed by atoms with Gasteiger partial charge in [0, 0.05) is 11.5 Å². The van der Waals surface area contributed by atoms with Crippen LogP contribution in [0.2, 0.25) is 0 Å². The Morgan fingerprint density at radius 2 is 1.96 bits per heavy atom. The van der Waals surface area contributed by atoms with Gasteiger partial charge in [-0.3, -0.25) is 4.79 Å². The minimum atomic E-state index is -0.109. The van der Waals surface area contributed by atoms with Crippen molar-refractivity contribution in [2.45, 2.75) is 59.3 Å². The van der Waals surface area contributed by atoms with Crippen LogP contribution in [0.1, 0.15) is 64.4 Å². The molecule has 3 aromatic rings. The highest BCUT2D eigenvalue weighted by molar-refractivity contribution is 5.58. The van der Waals surface area contributed by atoms with E-state index in [9.17, 15) is 4.79 Å². The van der Waals surface area contributed by atoms with E-state index < -0.39 is 0 Å². The lowest BCUT2D eigenvalue weighted by Crippen LogP contribution is -2.28. The quantitative estimate of drug-likeness (QED) is 0.740. The van der Waals surface area contributed by atoms with Crippen LogP contribution in [-0.2, 0) is 6.42 Å². The maximum Gasteiger partial charge on any atom is 0.277 e. The summed E-state index contributed by atoms with van der Waals surface area (Å²) in [7, 11) is 0. The molecule has 0 saturated heterocycles. The van der Waals surface area contributed by atoms with Gasteiger partial charge >= 0.3 is 0 Å². The Morgan fingerprint density at radius 1 is 1.22 bits per heavy atom. The molecule has 5 nitrogen and oxygen atoms in total. The number of nitrogens with zero attached hydrogens (tertiary/aromatic N) is 3. The molecule has 0 bridgehead atoms. The molecule has 5 heteroatoms. The molecular weight excluding hydrogens is 336 g/mol. The fourth-order valence-corrected chi connectivity index (χ4v) is 4.87. The Morgan fingerprint density at radius 3 is 2.63 bits per heavy atom. The molecule has 2 unspecified atom stereocenters. The second-order valence-electron chi connectivity index (χ2n) is 8.81. The zero-order valence-electron chi connectivity index (χ0n) is 16.6. The zero-order chi connectivity index (χ0) is 19.2. The van der Waals surface area contributed by atoms with Crippen LogP contribution >= 0.6 is 0 Å². The molecule has 2 aromatic heterocycles. The van der Waals surface area contributed by atoms with Crippen molar-refractivity contribution in [1.29, 1.82) is 0 Å². The third-order valence-electron chi connectivity index (χ3n) is 5.73. The van der Waals surface area contributed by atoms with E-state index in [4.69, 9.17) is 10.1 Å². The monoisotopic (exact) mass is 364 g/mol. The Hall–Kier alpha value is -2.43. The molecule has 1 saturated carbocycles. The number of H-pyrrole nitrogens is 1. The summed E-state index contributed by atoms with van der Waals surface area (Å²) in [6.07, 6.45) is 4.14. The van der Waals surface area contributed by atoms with Crippen molar-refractivity contribution in [2.24, 2.45) is 11.3 Å². The van der Waals surface area contributed by atoms with Gasteiger partial charge in [-0.2, -0.15) is 0 Å². The summed E-state index contributed by atoms with van der Waals surface area (Å²) in [5.41, 5.74) is 2.52. The number of aromatic amines is 1. The third-order valence-corrected chi connectivity index (χ3v) is 5.73. The molecule has 27 heavy (non-hydrogen) atoms. The maximum absolute atomic E-state index is 12.9. The number of fused-ring (bicyclic) bond motifs is 1. The van der Waals surface area contributed by atoms with E-state index in [-0.39, 0.29) is 11.0 Å². The number of aryl methyl sites for hydroxylation is 1. The van der Waals surface area contributed by atoms with Crippen LogP contribution in [0.3, 0.4) is 0 Å².